The number of hydrogen-bond acceptors (Lipinski definition) is 3. The molecule has 116 valence electrons. The molecular formula is C16H19BrN4O. The monoisotopic (exact) mass is 362 g/mol. The van der Waals surface area contributed by atoms with Crippen LogP contribution in [0.25, 0.3) is 5.69 Å². The maximum Gasteiger partial charge on any atom is 0.257 e. The Morgan fingerprint density at radius 2 is 2.14 bits per heavy atom. The molecule has 1 aromatic heterocycles. The highest BCUT2D eigenvalue weighted by Crippen LogP contribution is 2.21. The van der Waals surface area contributed by atoms with Crippen LogP contribution < -0.4 is 5.73 Å². The summed E-state index contributed by atoms with van der Waals surface area (Å²) in [5, 5.41) is 4.38. The van der Waals surface area contributed by atoms with E-state index in [1.165, 1.54) is 0 Å². The zero-order valence-electron chi connectivity index (χ0n) is 12.5. The summed E-state index contributed by atoms with van der Waals surface area (Å²) in [6.07, 6.45) is 2.65. The lowest BCUT2D eigenvalue weighted by atomic mass is 10.1. The van der Waals surface area contributed by atoms with Gasteiger partial charge in [0, 0.05) is 17.6 Å². The number of aromatic nitrogens is 2. The summed E-state index contributed by atoms with van der Waals surface area (Å²) in [7, 11) is 0. The Bertz CT molecular complexity index is 680. The molecule has 1 amide bonds. The predicted molar refractivity (Wildman–Crippen MR) is 89.1 cm³/mol. The molecule has 22 heavy (non-hydrogen) atoms. The van der Waals surface area contributed by atoms with Gasteiger partial charge in [-0.15, -0.1) is 0 Å². The van der Waals surface area contributed by atoms with Crippen molar-refractivity contribution in [1.82, 2.24) is 14.7 Å². The molecule has 6 heteroatoms. The average Bonchev–Trinajstić information content (AvgIpc) is 3.14. The molecule has 1 aromatic carbocycles. The van der Waals surface area contributed by atoms with Gasteiger partial charge in [0.15, 0.2) is 0 Å². The molecule has 0 bridgehead atoms. The SMILES string of the molecule is Cc1c(C(=O)N2CCC(CN)C2)cnn1-c1ccc(Br)cc1. The Kier molecular flexibility index (Phi) is 4.31. The number of benzene rings is 1. The van der Waals surface area contributed by atoms with Gasteiger partial charge in [0.1, 0.15) is 0 Å². The van der Waals surface area contributed by atoms with Gasteiger partial charge in [-0.1, -0.05) is 15.9 Å². The molecule has 1 atom stereocenters. The Morgan fingerprint density at radius 3 is 2.77 bits per heavy atom. The van der Waals surface area contributed by atoms with Crippen LogP contribution in [0.4, 0.5) is 0 Å². The van der Waals surface area contributed by atoms with Crippen molar-refractivity contribution in [2.75, 3.05) is 19.6 Å². The lowest BCUT2D eigenvalue weighted by Crippen LogP contribution is -2.30. The van der Waals surface area contributed by atoms with Crippen molar-refractivity contribution in [3.05, 3.63) is 46.2 Å². The largest absolute Gasteiger partial charge is 0.338 e. The second kappa shape index (κ2) is 6.22. The Hall–Kier alpha value is -1.66. The summed E-state index contributed by atoms with van der Waals surface area (Å²) in [4.78, 5) is 14.5. The zero-order valence-corrected chi connectivity index (χ0v) is 14.1. The molecule has 1 aliphatic heterocycles. The van der Waals surface area contributed by atoms with Crippen LogP contribution in [0.2, 0.25) is 0 Å². The summed E-state index contributed by atoms with van der Waals surface area (Å²) in [6, 6.07) is 7.87. The lowest BCUT2D eigenvalue weighted by molar-refractivity contribution is 0.0787. The number of carbonyl (C=O) groups excluding carboxylic acids is 1. The van der Waals surface area contributed by atoms with Crippen LogP contribution in [0.3, 0.4) is 0 Å². The number of carbonyl (C=O) groups is 1. The average molecular weight is 363 g/mol. The van der Waals surface area contributed by atoms with Crippen molar-refractivity contribution >= 4 is 21.8 Å². The Morgan fingerprint density at radius 1 is 1.41 bits per heavy atom. The van der Waals surface area contributed by atoms with Crippen molar-refractivity contribution in [3.8, 4) is 5.69 Å². The number of rotatable bonds is 3. The van der Waals surface area contributed by atoms with E-state index < -0.39 is 0 Å². The highest BCUT2D eigenvalue weighted by Gasteiger charge is 2.28. The van der Waals surface area contributed by atoms with Gasteiger partial charge in [-0.2, -0.15) is 5.10 Å². The molecule has 0 aliphatic carbocycles. The molecule has 2 aromatic rings. The van der Waals surface area contributed by atoms with Gasteiger partial charge in [-0.3, -0.25) is 4.79 Å². The van der Waals surface area contributed by atoms with Crippen LogP contribution in [-0.4, -0.2) is 40.2 Å². The van der Waals surface area contributed by atoms with Crippen LogP contribution in [0.5, 0.6) is 0 Å². The van der Waals surface area contributed by atoms with Crippen molar-refractivity contribution in [1.29, 1.82) is 0 Å². The van der Waals surface area contributed by atoms with E-state index in [1.54, 1.807) is 10.9 Å². The lowest BCUT2D eigenvalue weighted by Gasteiger charge is -2.16. The second-order valence-corrected chi connectivity index (χ2v) is 6.59. The summed E-state index contributed by atoms with van der Waals surface area (Å²) in [5.74, 6) is 0.475. The molecule has 0 radical (unpaired) electrons. The van der Waals surface area contributed by atoms with Crippen molar-refractivity contribution in [2.45, 2.75) is 13.3 Å². The third kappa shape index (κ3) is 2.80. The van der Waals surface area contributed by atoms with E-state index in [4.69, 9.17) is 5.73 Å². The molecule has 0 spiro atoms. The van der Waals surface area contributed by atoms with Crippen molar-refractivity contribution in [3.63, 3.8) is 0 Å². The van der Waals surface area contributed by atoms with Gasteiger partial charge < -0.3 is 10.6 Å². The van der Waals surface area contributed by atoms with Crippen molar-refractivity contribution in [2.24, 2.45) is 11.7 Å². The van der Waals surface area contributed by atoms with Crippen LogP contribution in [0.1, 0.15) is 22.5 Å². The van der Waals surface area contributed by atoms with Gasteiger partial charge in [0.25, 0.3) is 5.91 Å². The van der Waals surface area contributed by atoms with E-state index >= 15 is 0 Å². The molecule has 2 heterocycles. The quantitative estimate of drug-likeness (QED) is 0.911. The highest BCUT2D eigenvalue weighted by atomic mass is 79.9. The summed E-state index contributed by atoms with van der Waals surface area (Å²) in [5.41, 5.74) is 8.18. The van der Waals surface area contributed by atoms with Crippen LogP contribution >= 0.6 is 15.9 Å². The summed E-state index contributed by atoms with van der Waals surface area (Å²) in [6.45, 7) is 4.10. The van der Waals surface area contributed by atoms with Crippen LogP contribution in [-0.2, 0) is 0 Å². The fourth-order valence-corrected chi connectivity index (χ4v) is 3.11. The second-order valence-electron chi connectivity index (χ2n) is 5.67. The number of likely N-dealkylation sites (tertiary alicyclic amines) is 1. The third-order valence-electron chi connectivity index (χ3n) is 4.22. The number of nitrogens with two attached hydrogens (primary N) is 1. The van der Waals surface area contributed by atoms with Gasteiger partial charge in [0.2, 0.25) is 0 Å². The fraction of sp³-hybridized carbons (Fsp3) is 0.375. The number of hydrogen-bond donors (Lipinski definition) is 1. The number of nitrogens with zero attached hydrogens (tertiary/aromatic N) is 3. The maximum absolute atomic E-state index is 12.7. The summed E-state index contributed by atoms with van der Waals surface area (Å²) >= 11 is 3.42. The van der Waals surface area contributed by atoms with E-state index in [-0.39, 0.29) is 5.91 Å². The minimum Gasteiger partial charge on any atom is -0.338 e. The minimum atomic E-state index is 0.0526. The van der Waals surface area contributed by atoms with Gasteiger partial charge in [0.05, 0.1) is 23.1 Å². The maximum atomic E-state index is 12.7. The topological polar surface area (TPSA) is 64.2 Å². The number of halogens is 1. The normalized spacial score (nSPS) is 18.0. The predicted octanol–water partition coefficient (Wildman–Crippen LogP) is 2.36. The first-order valence-electron chi connectivity index (χ1n) is 7.40. The fourth-order valence-electron chi connectivity index (χ4n) is 2.84. The van der Waals surface area contributed by atoms with Gasteiger partial charge in [-0.05, 0) is 50.1 Å². The summed E-state index contributed by atoms with van der Waals surface area (Å²) < 4.78 is 2.82. The molecular weight excluding hydrogens is 344 g/mol. The molecule has 0 saturated carbocycles. The van der Waals surface area contributed by atoms with Crippen LogP contribution in [0.15, 0.2) is 34.9 Å². The van der Waals surface area contributed by atoms with E-state index in [2.05, 4.69) is 21.0 Å². The Labute approximate surface area is 138 Å². The first kappa shape index (κ1) is 15.2. The highest BCUT2D eigenvalue weighted by molar-refractivity contribution is 9.10. The molecule has 5 nitrogen and oxygen atoms in total. The van der Waals surface area contributed by atoms with E-state index in [0.717, 1.165) is 35.4 Å². The first-order valence-corrected chi connectivity index (χ1v) is 8.19. The first-order chi connectivity index (χ1) is 10.6. The minimum absolute atomic E-state index is 0.0526. The van der Waals surface area contributed by atoms with Crippen LogP contribution in [0, 0.1) is 12.8 Å². The molecule has 1 fully saturated rings. The molecule has 1 unspecified atom stereocenters. The number of amides is 1. The smallest absolute Gasteiger partial charge is 0.257 e. The molecule has 3 rings (SSSR count). The molecule has 1 saturated heterocycles. The third-order valence-corrected chi connectivity index (χ3v) is 4.75. The molecule has 2 N–H and O–H groups in total. The van der Waals surface area contributed by atoms with E-state index in [0.29, 0.717) is 18.0 Å². The Balaban J connectivity index is 1.84. The zero-order chi connectivity index (χ0) is 15.7. The van der Waals surface area contributed by atoms with Gasteiger partial charge >= 0.3 is 0 Å². The standard InChI is InChI=1S/C16H19BrN4O/c1-11-15(16(22)20-7-6-12(8-18)10-20)9-19-21(11)14-4-2-13(17)3-5-14/h2-5,9,12H,6-8,10,18H2,1H3. The van der Waals surface area contributed by atoms with E-state index in [1.807, 2.05) is 36.1 Å². The van der Waals surface area contributed by atoms with E-state index in [9.17, 15) is 4.79 Å². The van der Waals surface area contributed by atoms with Gasteiger partial charge in [-0.25, -0.2) is 4.68 Å². The molecule has 1 aliphatic rings. The van der Waals surface area contributed by atoms with Crippen molar-refractivity contribution < 1.29 is 4.79 Å².